The molecule has 0 spiro atoms. The average molecular weight is 425 g/mol. The van der Waals surface area contributed by atoms with Crippen LogP contribution in [0.4, 0.5) is 5.13 Å². The number of thiazole rings is 1. The molecule has 0 bridgehead atoms. The first kappa shape index (κ1) is 21.2. The van der Waals surface area contributed by atoms with Crippen LogP contribution in [0.15, 0.2) is 48.5 Å². The van der Waals surface area contributed by atoms with Crippen LogP contribution in [0.1, 0.15) is 30.1 Å². The van der Waals surface area contributed by atoms with Crippen LogP contribution in [0.3, 0.4) is 0 Å². The van der Waals surface area contributed by atoms with Gasteiger partial charge in [0.05, 0.1) is 22.4 Å². The summed E-state index contributed by atoms with van der Waals surface area (Å²) < 4.78 is 1.04. The van der Waals surface area contributed by atoms with Crippen molar-refractivity contribution in [2.45, 2.75) is 31.4 Å². The van der Waals surface area contributed by atoms with E-state index in [4.69, 9.17) is 5.73 Å². The number of aliphatic hydroxyl groups is 1. The largest absolute Gasteiger partial charge is 0.387 e. The van der Waals surface area contributed by atoms with Crippen LogP contribution >= 0.6 is 11.3 Å². The molecule has 1 aliphatic heterocycles. The number of hydrogen-bond donors (Lipinski definition) is 2. The monoisotopic (exact) mass is 424 g/mol. The normalized spacial score (nSPS) is 18.1. The number of hydrogen-bond acceptors (Lipinski definition) is 6. The highest BCUT2D eigenvalue weighted by atomic mass is 32.1. The summed E-state index contributed by atoms with van der Waals surface area (Å²) in [7, 11) is 4.16. The fraction of sp³-hybridized carbons (Fsp3) is 0.458. The highest BCUT2D eigenvalue weighted by Crippen LogP contribution is 2.31. The van der Waals surface area contributed by atoms with Crippen molar-refractivity contribution in [2.24, 2.45) is 5.92 Å². The number of aromatic nitrogens is 1. The molecule has 2 unspecified atom stereocenters. The minimum Gasteiger partial charge on any atom is -0.387 e. The molecule has 0 amide bonds. The predicted octanol–water partition coefficient (Wildman–Crippen LogP) is 3.80. The molecule has 2 atom stereocenters. The molecule has 1 aromatic heterocycles. The summed E-state index contributed by atoms with van der Waals surface area (Å²) in [5, 5.41) is 11.9. The lowest BCUT2D eigenvalue weighted by Gasteiger charge is -2.41. The minimum absolute atomic E-state index is 0.0698. The molecular weight excluding hydrogens is 392 g/mol. The lowest BCUT2D eigenvalue weighted by molar-refractivity contribution is 0.0156. The van der Waals surface area contributed by atoms with Gasteiger partial charge in [0.1, 0.15) is 0 Å². The molecule has 0 saturated carbocycles. The van der Waals surface area contributed by atoms with Crippen LogP contribution in [-0.4, -0.2) is 59.7 Å². The standard InChI is InChI=1S/C24H32N4OS/c1-27(2)16-21(23(29)19-8-9-20-22(15-19)30-24(25)26-20)28-12-10-18(11-13-28)14-17-6-4-3-5-7-17/h3-9,15,18,21,23,29H,10-14,16H2,1-2H3,(H2,25,26). The van der Waals surface area contributed by atoms with E-state index in [0.717, 1.165) is 47.8 Å². The molecule has 30 heavy (non-hydrogen) atoms. The van der Waals surface area contributed by atoms with Crippen molar-refractivity contribution in [3.63, 3.8) is 0 Å². The van der Waals surface area contributed by atoms with E-state index in [9.17, 15) is 5.11 Å². The van der Waals surface area contributed by atoms with Crippen LogP contribution in [-0.2, 0) is 6.42 Å². The zero-order chi connectivity index (χ0) is 21.1. The van der Waals surface area contributed by atoms with Crippen molar-refractivity contribution in [1.29, 1.82) is 0 Å². The van der Waals surface area contributed by atoms with Gasteiger partial charge in [-0.3, -0.25) is 4.90 Å². The van der Waals surface area contributed by atoms with Crippen molar-refractivity contribution in [1.82, 2.24) is 14.8 Å². The second-order valence-electron chi connectivity index (χ2n) is 8.72. The molecule has 6 heteroatoms. The van der Waals surface area contributed by atoms with Crippen LogP contribution < -0.4 is 5.73 Å². The van der Waals surface area contributed by atoms with Gasteiger partial charge in [-0.15, -0.1) is 0 Å². The molecule has 0 aliphatic carbocycles. The Morgan fingerprint density at radius 2 is 1.90 bits per heavy atom. The maximum atomic E-state index is 11.3. The molecule has 4 rings (SSSR count). The Balaban J connectivity index is 1.45. The summed E-state index contributed by atoms with van der Waals surface area (Å²) in [6, 6.07) is 16.9. The number of nitrogens with zero attached hydrogens (tertiary/aromatic N) is 3. The topological polar surface area (TPSA) is 65.6 Å². The highest BCUT2D eigenvalue weighted by Gasteiger charge is 2.31. The summed E-state index contributed by atoms with van der Waals surface area (Å²) >= 11 is 1.48. The maximum absolute atomic E-state index is 11.3. The summed E-state index contributed by atoms with van der Waals surface area (Å²) in [5.41, 5.74) is 9.14. The van der Waals surface area contributed by atoms with Crippen LogP contribution in [0.25, 0.3) is 10.2 Å². The Morgan fingerprint density at radius 3 is 2.60 bits per heavy atom. The van der Waals surface area contributed by atoms with Crippen molar-refractivity contribution in [3.05, 3.63) is 59.7 Å². The van der Waals surface area contributed by atoms with Gasteiger partial charge in [-0.25, -0.2) is 4.98 Å². The Hall–Kier alpha value is -1.99. The molecule has 1 fully saturated rings. The second-order valence-corrected chi connectivity index (χ2v) is 9.78. The van der Waals surface area contributed by atoms with Crippen LogP contribution in [0.5, 0.6) is 0 Å². The molecule has 1 saturated heterocycles. The van der Waals surface area contributed by atoms with Crippen molar-refractivity contribution in [3.8, 4) is 0 Å². The Labute approximate surface area is 183 Å². The van der Waals surface area contributed by atoms with E-state index in [2.05, 4.69) is 65.3 Å². The summed E-state index contributed by atoms with van der Waals surface area (Å²) in [4.78, 5) is 8.99. The SMILES string of the molecule is CN(C)CC(C(O)c1ccc2nc(N)sc2c1)N1CCC(Cc2ccccc2)CC1. The number of nitrogen functional groups attached to an aromatic ring is 1. The van der Waals surface area contributed by atoms with E-state index >= 15 is 0 Å². The third-order valence-corrected chi connectivity index (χ3v) is 7.02. The van der Waals surface area contributed by atoms with Gasteiger partial charge < -0.3 is 15.7 Å². The number of nitrogens with two attached hydrogens (primary N) is 1. The molecule has 5 nitrogen and oxygen atoms in total. The fourth-order valence-corrected chi connectivity index (χ4v) is 5.37. The summed E-state index contributed by atoms with van der Waals surface area (Å²) in [6.07, 6.45) is 2.97. The molecule has 3 aromatic rings. The first-order valence-electron chi connectivity index (χ1n) is 10.8. The molecule has 0 radical (unpaired) electrons. The van der Waals surface area contributed by atoms with Gasteiger partial charge in [0.25, 0.3) is 0 Å². The van der Waals surface area contributed by atoms with E-state index in [-0.39, 0.29) is 6.04 Å². The minimum atomic E-state index is -0.536. The van der Waals surface area contributed by atoms with E-state index < -0.39 is 6.10 Å². The van der Waals surface area contributed by atoms with Gasteiger partial charge in [-0.2, -0.15) is 0 Å². The van der Waals surface area contributed by atoms with Gasteiger partial charge in [0.15, 0.2) is 5.13 Å². The number of fused-ring (bicyclic) bond motifs is 1. The zero-order valence-corrected chi connectivity index (χ0v) is 18.7. The van der Waals surface area contributed by atoms with E-state index in [1.165, 1.54) is 29.7 Å². The molecule has 1 aliphatic rings. The Morgan fingerprint density at radius 1 is 1.17 bits per heavy atom. The number of piperidine rings is 1. The van der Waals surface area contributed by atoms with Crippen molar-refractivity contribution in [2.75, 3.05) is 39.5 Å². The number of aliphatic hydroxyl groups excluding tert-OH is 1. The summed E-state index contributed by atoms with van der Waals surface area (Å²) in [6.45, 7) is 2.89. The number of anilines is 1. The third-order valence-electron chi connectivity index (χ3n) is 6.17. The first-order valence-corrected chi connectivity index (χ1v) is 11.6. The van der Waals surface area contributed by atoms with Gasteiger partial charge >= 0.3 is 0 Å². The van der Waals surface area contributed by atoms with Crippen molar-refractivity contribution >= 4 is 26.7 Å². The smallest absolute Gasteiger partial charge is 0.181 e. The second kappa shape index (κ2) is 9.43. The van der Waals surface area contributed by atoms with Gasteiger partial charge in [0.2, 0.25) is 0 Å². The molecular formula is C24H32N4OS. The lowest BCUT2D eigenvalue weighted by Crippen LogP contribution is -2.49. The van der Waals surface area contributed by atoms with E-state index in [1.54, 1.807) is 0 Å². The van der Waals surface area contributed by atoms with Gasteiger partial charge in [0, 0.05) is 6.54 Å². The number of likely N-dealkylation sites (tertiary alicyclic amines) is 1. The van der Waals surface area contributed by atoms with Crippen LogP contribution in [0, 0.1) is 5.92 Å². The first-order chi connectivity index (χ1) is 14.5. The number of rotatable bonds is 7. The molecule has 160 valence electrons. The highest BCUT2D eigenvalue weighted by molar-refractivity contribution is 7.22. The lowest BCUT2D eigenvalue weighted by atomic mass is 9.88. The summed E-state index contributed by atoms with van der Waals surface area (Å²) in [5.74, 6) is 0.720. The quantitative estimate of drug-likeness (QED) is 0.604. The van der Waals surface area contributed by atoms with E-state index in [0.29, 0.717) is 5.13 Å². The van der Waals surface area contributed by atoms with E-state index in [1.807, 2.05) is 12.1 Å². The molecule has 2 aromatic carbocycles. The molecule has 3 N–H and O–H groups in total. The van der Waals surface area contributed by atoms with Gasteiger partial charge in [-0.05, 0) is 75.6 Å². The average Bonchev–Trinajstić information content (AvgIpc) is 3.12. The van der Waals surface area contributed by atoms with Crippen molar-refractivity contribution < 1.29 is 5.11 Å². The maximum Gasteiger partial charge on any atom is 0.181 e. The Kier molecular flexibility index (Phi) is 6.68. The van der Waals surface area contributed by atoms with Crippen LogP contribution in [0.2, 0.25) is 0 Å². The number of benzene rings is 2. The number of likely N-dealkylation sites (N-methyl/N-ethyl adjacent to an activating group) is 1. The fourth-order valence-electron chi connectivity index (χ4n) is 4.59. The predicted molar refractivity (Wildman–Crippen MR) is 126 cm³/mol. The zero-order valence-electron chi connectivity index (χ0n) is 17.9. The molecule has 2 heterocycles. The van der Waals surface area contributed by atoms with Gasteiger partial charge in [-0.1, -0.05) is 47.7 Å². The Bertz CT molecular complexity index is 950. The third kappa shape index (κ3) is 5.01.